The summed E-state index contributed by atoms with van der Waals surface area (Å²) < 4.78 is 10.0. The molecule has 0 unspecified atom stereocenters. The monoisotopic (exact) mass is 253 g/mol. The number of nitrogens with zero attached hydrogens (tertiary/aromatic N) is 1. The summed E-state index contributed by atoms with van der Waals surface area (Å²) in [7, 11) is 1.41. The van der Waals surface area contributed by atoms with Gasteiger partial charge in [0.2, 0.25) is 0 Å². The number of rotatable bonds is 4. The van der Waals surface area contributed by atoms with Gasteiger partial charge in [-0.3, -0.25) is 10.1 Å². The van der Waals surface area contributed by atoms with E-state index in [1.807, 2.05) is 0 Å². The summed E-state index contributed by atoms with van der Waals surface area (Å²) in [5.74, 6) is -0.296. The SMILES string of the molecule is CCOC(=O)c1c(C)c([N+](=O)[O-])cc(C)c1OC. The third-order valence-electron chi connectivity index (χ3n) is 2.58. The normalized spacial score (nSPS) is 10.0. The number of nitro benzene ring substituents is 1. The number of hydrogen-bond donors (Lipinski definition) is 0. The minimum atomic E-state index is -0.612. The number of ether oxygens (including phenoxy) is 2. The van der Waals surface area contributed by atoms with Gasteiger partial charge in [0.05, 0.1) is 18.6 Å². The summed E-state index contributed by atoms with van der Waals surface area (Å²) in [6, 6.07) is 1.39. The Balaban J connectivity index is 3.53. The van der Waals surface area contributed by atoms with Crippen molar-refractivity contribution in [3.05, 3.63) is 32.9 Å². The Morgan fingerprint density at radius 2 is 2.06 bits per heavy atom. The lowest BCUT2D eigenvalue weighted by Gasteiger charge is -2.13. The summed E-state index contributed by atoms with van der Waals surface area (Å²) in [5.41, 5.74) is 0.779. The summed E-state index contributed by atoms with van der Waals surface area (Å²) in [6.07, 6.45) is 0. The van der Waals surface area contributed by atoms with E-state index in [9.17, 15) is 14.9 Å². The zero-order chi connectivity index (χ0) is 13.9. The smallest absolute Gasteiger partial charge is 0.342 e. The summed E-state index contributed by atoms with van der Waals surface area (Å²) >= 11 is 0. The molecule has 0 aliphatic heterocycles. The van der Waals surface area contributed by atoms with E-state index in [1.54, 1.807) is 13.8 Å². The first-order valence-corrected chi connectivity index (χ1v) is 5.43. The van der Waals surface area contributed by atoms with Gasteiger partial charge in [0.25, 0.3) is 5.69 Å². The molecule has 18 heavy (non-hydrogen) atoms. The van der Waals surface area contributed by atoms with E-state index in [-0.39, 0.29) is 23.4 Å². The molecule has 0 fully saturated rings. The van der Waals surface area contributed by atoms with Crippen molar-refractivity contribution in [3.8, 4) is 5.75 Å². The van der Waals surface area contributed by atoms with E-state index in [4.69, 9.17) is 9.47 Å². The number of benzene rings is 1. The molecule has 0 saturated carbocycles. The van der Waals surface area contributed by atoms with Gasteiger partial charge in [-0.25, -0.2) is 4.79 Å². The first-order valence-electron chi connectivity index (χ1n) is 5.43. The van der Waals surface area contributed by atoms with Gasteiger partial charge in [-0.05, 0) is 26.3 Å². The van der Waals surface area contributed by atoms with Crippen LogP contribution in [0.25, 0.3) is 0 Å². The molecule has 1 aromatic rings. The average Bonchev–Trinajstić information content (AvgIpc) is 2.30. The average molecular weight is 253 g/mol. The minimum Gasteiger partial charge on any atom is -0.496 e. The van der Waals surface area contributed by atoms with Crippen LogP contribution in [0.3, 0.4) is 0 Å². The maximum absolute atomic E-state index is 11.8. The highest BCUT2D eigenvalue weighted by atomic mass is 16.6. The Morgan fingerprint density at radius 1 is 1.44 bits per heavy atom. The van der Waals surface area contributed by atoms with Crippen molar-refractivity contribution in [2.75, 3.05) is 13.7 Å². The summed E-state index contributed by atoms with van der Waals surface area (Å²) in [4.78, 5) is 22.2. The molecule has 0 N–H and O–H groups in total. The fraction of sp³-hybridized carbons (Fsp3) is 0.417. The molecule has 0 amide bonds. The molecular weight excluding hydrogens is 238 g/mol. The predicted molar refractivity (Wildman–Crippen MR) is 65.1 cm³/mol. The van der Waals surface area contributed by atoms with Crippen LogP contribution in [0.4, 0.5) is 5.69 Å². The van der Waals surface area contributed by atoms with Crippen molar-refractivity contribution in [1.29, 1.82) is 0 Å². The molecule has 1 rings (SSSR count). The van der Waals surface area contributed by atoms with Gasteiger partial charge in [0.15, 0.2) is 0 Å². The van der Waals surface area contributed by atoms with Gasteiger partial charge in [0, 0.05) is 11.6 Å². The molecular formula is C12H15NO5. The summed E-state index contributed by atoms with van der Waals surface area (Å²) in [6.45, 7) is 5.02. The van der Waals surface area contributed by atoms with Crippen LogP contribution in [0.1, 0.15) is 28.4 Å². The number of aryl methyl sites for hydroxylation is 1. The van der Waals surface area contributed by atoms with Crippen molar-refractivity contribution < 1.29 is 19.2 Å². The van der Waals surface area contributed by atoms with Gasteiger partial charge >= 0.3 is 5.97 Å². The van der Waals surface area contributed by atoms with E-state index in [1.165, 1.54) is 20.1 Å². The Labute approximate surface area is 105 Å². The fourth-order valence-corrected chi connectivity index (χ4v) is 1.78. The van der Waals surface area contributed by atoms with Crippen LogP contribution in [0.15, 0.2) is 6.07 Å². The Hall–Kier alpha value is -2.11. The van der Waals surface area contributed by atoms with Gasteiger partial charge in [-0.2, -0.15) is 0 Å². The molecule has 0 spiro atoms. The zero-order valence-corrected chi connectivity index (χ0v) is 10.8. The molecule has 98 valence electrons. The van der Waals surface area contributed by atoms with Crippen LogP contribution >= 0.6 is 0 Å². The van der Waals surface area contributed by atoms with Crippen LogP contribution in [0.5, 0.6) is 5.75 Å². The second-order valence-corrected chi connectivity index (χ2v) is 3.72. The van der Waals surface area contributed by atoms with Gasteiger partial charge < -0.3 is 9.47 Å². The van der Waals surface area contributed by atoms with Gasteiger partial charge in [-0.1, -0.05) is 0 Å². The first kappa shape index (κ1) is 14.0. The molecule has 1 aromatic carbocycles. The first-order chi connectivity index (χ1) is 8.43. The second-order valence-electron chi connectivity index (χ2n) is 3.72. The highest BCUT2D eigenvalue weighted by molar-refractivity contribution is 5.96. The number of hydrogen-bond acceptors (Lipinski definition) is 5. The van der Waals surface area contributed by atoms with Crippen LogP contribution < -0.4 is 4.74 Å². The third-order valence-corrected chi connectivity index (χ3v) is 2.58. The van der Waals surface area contributed by atoms with Crippen molar-refractivity contribution in [3.63, 3.8) is 0 Å². The molecule has 6 heteroatoms. The maximum Gasteiger partial charge on any atom is 0.342 e. The molecule has 0 heterocycles. The number of methoxy groups -OCH3 is 1. The van der Waals surface area contributed by atoms with E-state index < -0.39 is 10.9 Å². The fourth-order valence-electron chi connectivity index (χ4n) is 1.78. The number of nitro groups is 1. The van der Waals surface area contributed by atoms with Crippen LogP contribution in [-0.4, -0.2) is 24.6 Å². The van der Waals surface area contributed by atoms with E-state index in [2.05, 4.69) is 0 Å². The Kier molecular flexibility index (Phi) is 4.25. The lowest BCUT2D eigenvalue weighted by molar-refractivity contribution is -0.385. The molecule has 0 aromatic heterocycles. The highest BCUT2D eigenvalue weighted by Gasteiger charge is 2.26. The molecule has 0 aliphatic rings. The molecule has 0 bridgehead atoms. The number of carbonyl (C=O) groups excluding carboxylic acids is 1. The number of carbonyl (C=O) groups is 1. The maximum atomic E-state index is 11.8. The van der Waals surface area contributed by atoms with Crippen LogP contribution in [0, 0.1) is 24.0 Å². The van der Waals surface area contributed by atoms with Crippen molar-refractivity contribution in [1.82, 2.24) is 0 Å². The molecule has 0 atom stereocenters. The lowest BCUT2D eigenvalue weighted by atomic mass is 10.0. The largest absolute Gasteiger partial charge is 0.496 e. The van der Waals surface area contributed by atoms with E-state index in [0.717, 1.165) is 0 Å². The zero-order valence-electron chi connectivity index (χ0n) is 10.8. The topological polar surface area (TPSA) is 78.7 Å². The Bertz CT molecular complexity index is 496. The standard InChI is InChI=1S/C12H15NO5/c1-5-18-12(14)10-8(3)9(13(15)16)6-7(2)11(10)17-4/h6H,5H2,1-4H3. The predicted octanol–water partition coefficient (Wildman–Crippen LogP) is 2.40. The highest BCUT2D eigenvalue weighted by Crippen LogP contribution is 2.33. The third kappa shape index (κ3) is 2.42. The van der Waals surface area contributed by atoms with E-state index in [0.29, 0.717) is 11.3 Å². The van der Waals surface area contributed by atoms with Crippen molar-refractivity contribution in [2.45, 2.75) is 20.8 Å². The van der Waals surface area contributed by atoms with E-state index >= 15 is 0 Å². The molecule has 0 aliphatic carbocycles. The summed E-state index contributed by atoms with van der Waals surface area (Å²) in [5, 5.41) is 10.9. The van der Waals surface area contributed by atoms with Crippen molar-refractivity contribution >= 4 is 11.7 Å². The van der Waals surface area contributed by atoms with Crippen LogP contribution in [-0.2, 0) is 4.74 Å². The van der Waals surface area contributed by atoms with Gasteiger partial charge in [-0.15, -0.1) is 0 Å². The number of esters is 1. The van der Waals surface area contributed by atoms with Crippen LogP contribution in [0.2, 0.25) is 0 Å². The minimum absolute atomic E-state index is 0.114. The second kappa shape index (κ2) is 5.48. The Morgan fingerprint density at radius 3 is 2.50 bits per heavy atom. The lowest BCUT2D eigenvalue weighted by Crippen LogP contribution is -2.11. The quantitative estimate of drug-likeness (QED) is 0.467. The van der Waals surface area contributed by atoms with Gasteiger partial charge in [0.1, 0.15) is 11.3 Å². The van der Waals surface area contributed by atoms with Crippen molar-refractivity contribution in [2.24, 2.45) is 0 Å². The molecule has 0 radical (unpaired) electrons. The molecule has 6 nitrogen and oxygen atoms in total. The molecule has 0 saturated heterocycles.